The summed E-state index contributed by atoms with van der Waals surface area (Å²) in [6.45, 7) is 7.77. The quantitative estimate of drug-likeness (QED) is 0.527. The lowest BCUT2D eigenvalue weighted by atomic mass is 10.1. The van der Waals surface area contributed by atoms with Gasteiger partial charge in [-0.25, -0.2) is 19.2 Å². The Morgan fingerprint density at radius 3 is 1.15 bits per heavy atom. The zero-order chi connectivity index (χ0) is 20.0. The number of carbonyl (C=O) groups excluding carboxylic acids is 2. The summed E-state index contributed by atoms with van der Waals surface area (Å²) in [7, 11) is 0. The monoisotopic (exact) mass is 372 g/mol. The number of nitrogens with one attached hydrogen (secondary N) is 2. The molecule has 0 aromatic heterocycles. The van der Waals surface area contributed by atoms with Crippen molar-refractivity contribution in [2.75, 3.05) is 26.2 Å². The lowest BCUT2D eigenvalue weighted by Crippen LogP contribution is -2.59. The summed E-state index contributed by atoms with van der Waals surface area (Å²) in [5.74, 6) is -2.71. The molecule has 1 aliphatic heterocycles. The molecular formula is C16H28N4O6. The predicted octanol–water partition coefficient (Wildman–Crippen LogP) is 0.242. The number of aliphatic carboxylic acids is 2. The third-order valence-corrected chi connectivity index (χ3v) is 4.28. The first-order valence-corrected chi connectivity index (χ1v) is 8.61. The van der Waals surface area contributed by atoms with Crippen molar-refractivity contribution in [1.82, 2.24) is 20.4 Å². The minimum absolute atomic E-state index is 0.239. The van der Waals surface area contributed by atoms with Crippen LogP contribution in [0.15, 0.2) is 0 Å². The molecule has 4 amide bonds. The Balaban J connectivity index is 2.56. The fourth-order valence-electron chi connectivity index (χ4n) is 2.59. The molecule has 26 heavy (non-hydrogen) atoms. The summed E-state index contributed by atoms with van der Waals surface area (Å²) in [4.78, 5) is 49.6. The SMILES string of the molecule is CC(C)C(NC(=O)N1CCN(C(=O)NC(C(=O)O)C(C)C)CC1)C(=O)O. The van der Waals surface area contributed by atoms with E-state index in [-0.39, 0.29) is 38.0 Å². The highest BCUT2D eigenvalue weighted by Gasteiger charge is 2.31. The van der Waals surface area contributed by atoms with Crippen molar-refractivity contribution in [2.24, 2.45) is 11.8 Å². The van der Waals surface area contributed by atoms with Gasteiger partial charge in [-0.2, -0.15) is 0 Å². The second-order valence-electron chi connectivity index (χ2n) is 6.99. The van der Waals surface area contributed by atoms with Crippen LogP contribution in [0.25, 0.3) is 0 Å². The highest BCUT2D eigenvalue weighted by Crippen LogP contribution is 2.08. The Hall–Kier alpha value is -2.52. The van der Waals surface area contributed by atoms with Gasteiger partial charge in [-0.05, 0) is 11.8 Å². The average Bonchev–Trinajstić information content (AvgIpc) is 2.55. The third kappa shape index (κ3) is 5.78. The van der Waals surface area contributed by atoms with Crippen LogP contribution in [0.3, 0.4) is 0 Å². The van der Waals surface area contributed by atoms with Crippen LogP contribution in [-0.4, -0.2) is 82.3 Å². The standard InChI is InChI=1S/C16H28N4O6/c1-9(2)11(13(21)22)17-15(25)19-5-7-20(8-6-19)16(26)18-12(10(3)4)14(23)24/h9-12H,5-8H2,1-4H3,(H,17,25)(H,18,26)(H,21,22)(H,23,24). The first-order valence-electron chi connectivity index (χ1n) is 8.61. The number of hydrogen-bond donors (Lipinski definition) is 4. The van der Waals surface area contributed by atoms with Gasteiger partial charge < -0.3 is 30.6 Å². The molecular weight excluding hydrogens is 344 g/mol. The van der Waals surface area contributed by atoms with Gasteiger partial charge in [0.25, 0.3) is 0 Å². The number of piperazine rings is 1. The fourth-order valence-corrected chi connectivity index (χ4v) is 2.59. The summed E-state index contributed by atoms with van der Waals surface area (Å²) < 4.78 is 0. The molecule has 1 rings (SSSR count). The van der Waals surface area contributed by atoms with E-state index in [4.69, 9.17) is 10.2 Å². The number of carboxylic acids is 2. The Labute approximate surface area is 152 Å². The number of carboxylic acid groups (broad SMARTS) is 2. The Morgan fingerprint density at radius 1 is 0.692 bits per heavy atom. The molecule has 0 spiro atoms. The van der Waals surface area contributed by atoms with Crippen LogP contribution < -0.4 is 10.6 Å². The zero-order valence-electron chi connectivity index (χ0n) is 15.6. The van der Waals surface area contributed by atoms with Gasteiger partial charge in [0.05, 0.1) is 0 Å². The maximum atomic E-state index is 12.2. The van der Waals surface area contributed by atoms with E-state index in [0.717, 1.165) is 0 Å². The molecule has 1 saturated heterocycles. The van der Waals surface area contributed by atoms with Crippen molar-refractivity contribution in [3.8, 4) is 0 Å². The van der Waals surface area contributed by atoms with Crippen LogP contribution in [0.1, 0.15) is 27.7 Å². The van der Waals surface area contributed by atoms with Crippen LogP contribution >= 0.6 is 0 Å². The maximum Gasteiger partial charge on any atom is 0.326 e. The van der Waals surface area contributed by atoms with E-state index in [9.17, 15) is 19.2 Å². The van der Waals surface area contributed by atoms with E-state index in [2.05, 4.69) is 10.6 Å². The topological polar surface area (TPSA) is 139 Å². The van der Waals surface area contributed by atoms with Gasteiger partial charge in [0.2, 0.25) is 0 Å². The van der Waals surface area contributed by atoms with Crippen molar-refractivity contribution in [2.45, 2.75) is 39.8 Å². The lowest BCUT2D eigenvalue weighted by molar-refractivity contribution is -0.141. The zero-order valence-corrected chi connectivity index (χ0v) is 15.6. The molecule has 10 heteroatoms. The second-order valence-corrected chi connectivity index (χ2v) is 6.99. The lowest BCUT2D eigenvalue weighted by Gasteiger charge is -2.36. The number of urea groups is 2. The molecule has 0 bridgehead atoms. The van der Waals surface area contributed by atoms with Gasteiger partial charge in [0.15, 0.2) is 0 Å². The van der Waals surface area contributed by atoms with Gasteiger partial charge in [-0.1, -0.05) is 27.7 Å². The van der Waals surface area contributed by atoms with Gasteiger partial charge >= 0.3 is 24.0 Å². The summed E-state index contributed by atoms with van der Waals surface area (Å²) in [6, 6.07) is -2.94. The molecule has 1 heterocycles. The summed E-state index contributed by atoms with van der Waals surface area (Å²) in [6.07, 6.45) is 0. The first kappa shape index (κ1) is 21.5. The molecule has 4 N–H and O–H groups in total. The van der Waals surface area contributed by atoms with Crippen LogP contribution in [0.2, 0.25) is 0 Å². The largest absolute Gasteiger partial charge is 0.480 e. The Morgan fingerprint density at radius 2 is 0.962 bits per heavy atom. The fraction of sp³-hybridized carbons (Fsp3) is 0.750. The van der Waals surface area contributed by atoms with Gasteiger partial charge in [-0.3, -0.25) is 0 Å². The molecule has 148 valence electrons. The molecule has 0 aromatic carbocycles. The normalized spacial score (nSPS) is 17.0. The minimum atomic E-state index is -1.10. The van der Waals surface area contributed by atoms with Crippen molar-refractivity contribution < 1.29 is 29.4 Å². The molecule has 10 nitrogen and oxygen atoms in total. The molecule has 0 saturated carbocycles. The van der Waals surface area contributed by atoms with Crippen LogP contribution in [0.4, 0.5) is 9.59 Å². The summed E-state index contributed by atoms with van der Waals surface area (Å²) in [5.41, 5.74) is 0. The summed E-state index contributed by atoms with van der Waals surface area (Å²) in [5, 5.41) is 23.2. The number of carbonyl (C=O) groups is 4. The van der Waals surface area contributed by atoms with Gasteiger partial charge in [0, 0.05) is 26.2 Å². The van der Waals surface area contributed by atoms with Gasteiger partial charge in [-0.15, -0.1) is 0 Å². The predicted molar refractivity (Wildman–Crippen MR) is 92.7 cm³/mol. The van der Waals surface area contributed by atoms with E-state index in [0.29, 0.717) is 0 Å². The highest BCUT2D eigenvalue weighted by atomic mass is 16.4. The Kier molecular flexibility index (Phi) is 7.66. The third-order valence-electron chi connectivity index (χ3n) is 4.28. The van der Waals surface area contributed by atoms with E-state index in [1.165, 1.54) is 9.80 Å². The van der Waals surface area contributed by atoms with Crippen molar-refractivity contribution in [3.05, 3.63) is 0 Å². The molecule has 1 aliphatic rings. The van der Waals surface area contributed by atoms with Crippen LogP contribution in [-0.2, 0) is 9.59 Å². The maximum absolute atomic E-state index is 12.2. The summed E-state index contributed by atoms with van der Waals surface area (Å²) >= 11 is 0. The van der Waals surface area contributed by atoms with Crippen molar-refractivity contribution in [3.63, 3.8) is 0 Å². The van der Waals surface area contributed by atoms with Crippen LogP contribution in [0.5, 0.6) is 0 Å². The molecule has 0 aliphatic carbocycles. The minimum Gasteiger partial charge on any atom is -0.480 e. The highest BCUT2D eigenvalue weighted by molar-refractivity contribution is 5.84. The number of hydrogen-bond acceptors (Lipinski definition) is 4. The molecule has 2 atom stereocenters. The number of amides is 4. The first-order chi connectivity index (χ1) is 12.0. The number of rotatable bonds is 6. The Bertz CT molecular complexity index is 495. The number of nitrogens with zero attached hydrogens (tertiary/aromatic N) is 2. The average molecular weight is 372 g/mol. The van der Waals surface area contributed by atoms with Crippen LogP contribution in [0, 0.1) is 11.8 Å². The van der Waals surface area contributed by atoms with E-state index in [1.54, 1.807) is 27.7 Å². The van der Waals surface area contributed by atoms with E-state index < -0.39 is 36.1 Å². The molecule has 2 unspecified atom stereocenters. The molecule has 0 radical (unpaired) electrons. The second kappa shape index (κ2) is 9.25. The molecule has 1 fully saturated rings. The van der Waals surface area contributed by atoms with E-state index in [1.807, 2.05) is 0 Å². The van der Waals surface area contributed by atoms with E-state index >= 15 is 0 Å². The van der Waals surface area contributed by atoms with Crippen molar-refractivity contribution in [1.29, 1.82) is 0 Å². The smallest absolute Gasteiger partial charge is 0.326 e. The van der Waals surface area contributed by atoms with Gasteiger partial charge in [0.1, 0.15) is 12.1 Å². The molecule has 0 aromatic rings. The van der Waals surface area contributed by atoms with Crippen molar-refractivity contribution >= 4 is 24.0 Å².